The van der Waals surface area contributed by atoms with E-state index in [0.29, 0.717) is 0 Å². The highest BCUT2D eigenvalue weighted by Gasteiger charge is 2.28. The van der Waals surface area contributed by atoms with Crippen LogP contribution in [-0.2, 0) is 10.0 Å². The van der Waals surface area contributed by atoms with E-state index >= 15 is 0 Å². The number of nitrogens with zero attached hydrogens (tertiary/aromatic N) is 1. The zero-order valence-electron chi connectivity index (χ0n) is 11.3. The summed E-state index contributed by atoms with van der Waals surface area (Å²) in [5, 5.41) is 26.6. The van der Waals surface area contributed by atoms with Gasteiger partial charge in [0.1, 0.15) is 5.82 Å². The summed E-state index contributed by atoms with van der Waals surface area (Å²) in [6.07, 6.45) is 0. The number of rotatable bonds is 7. The molecule has 0 saturated heterocycles. The second kappa shape index (κ2) is 6.94. The van der Waals surface area contributed by atoms with E-state index in [9.17, 15) is 17.6 Å². The molecule has 0 aliphatic carbocycles. The lowest BCUT2D eigenvalue weighted by Gasteiger charge is -2.21. The van der Waals surface area contributed by atoms with Gasteiger partial charge in [0.15, 0.2) is 0 Å². The summed E-state index contributed by atoms with van der Waals surface area (Å²) < 4.78 is 39.3. The van der Waals surface area contributed by atoms with Crippen LogP contribution in [0.3, 0.4) is 0 Å². The molecule has 0 atom stereocenters. The fraction of sp³-hybridized carbons (Fsp3) is 0.417. The monoisotopic (exact) mass is 321 g/mol. The predicted octanol–water partition coefficient (Wildman–Crippen LogP) is -0.192. The molecule has 1 aromatic rings. The van der Waals surface area contributed by atoms with Crippen molar-refractivity contribution in [3.63, 3.8) is 0 Å². The molecule has 0 unspecified atom stereocenters. The van der Waals surface area contributed by atoms with Gasteiger partial charge < -0.3 is 15.3 Å². The van der Waals surface area contributed by atoms with Gasteiger partial charge in [-0.15, -0.1) is 0 Å². The maximum atomic E-state index is 13.7. The normalized spacial score (nSPS) is 11.9. The molecule has 21 heavy (non-hydrogen) atoms. The largest absolute Gasteiger partial charge is 0.478 e. The Morgan fingerprint density at radius 2 is 1.76 bits per heavy atom. The van der Waals surface area contributed by atoms with Crippen LogP contribution in [0.25, 0.3) is 0 Å². The molecule has 7 nitrogen and oxygen atoms in total. The summed E-state index contributed by atoms with van der Waals surface area (Å²) in [6, 6.07) is 1.59. The van der Waals surface area contributed by atoms with Crippen molar-refractivity contribution in [3.8, 4) is 0 Å². The van der Waals surface area contributed by atoms with Crippen molar-refractivity contribution < 1.29 is 32.9 Å². The number of hydrogen-bond donors (Lipinski definition) is 3. The first-order valence-electron chi connectivity index (χ1n) is 6.01. The highest BCUT2D eigenvalue weighted by Crippen LogP contribution is 2.24. The number of sulfonamides is 1. The number of carboxylic acids is 1. The van der Waals surface area contributed by atoms with Gasteiger partial charge in [0.25, 0.3) is 0 Å². The molecule has 1 aromatic carbocycles. The van der Waals surface area contributed by atoms with Crippen LogP contribution >= 0.6 is 0 Å². The Morgan fingerprint density at radius 3 is 2.19 bits per heavy atom. The van der Waals surface area contributed by atoms with Crippen LogP contribution in [0.5, 0.6) is 0 Å². The molecule has 0 bridgehead atoms. The first-order chi connectivity index (χ1) is 9.75. The molecule has 0 heterocycles. The highest BCUT2D eigenvalue weighted by molar-refractivity contribution is 7.89. The third kappa shape index (κ3) is 3.76. The molecule has 0 spiro atoms. The van der Waals surface area contributed by atoms with E-state index in [-0.39, 0.29) is 18.7 Å². The van der Waals surface area contributed by atoms with E-state index in [1.54, 1.807) is 0 Å². The van der Waals surface area contributed by atoms with Crippen molar-refractivity contribution in [2.24, 2.45) is 0 Å². The fourth-order valence-corrected chi connectivity index (χ4v) is 3.44. The second-order valence-electron chi connectivity index (χ2n) is 4.24. The zero-order chi connectivity index (χ0) is 16.2. The molecule has 0 aliphatic heterocycles. The van der Waals surface area contributed by atoms with Gasteiger partial charge in [-0.1, -0.05) is 0 Å². The van der Waals surface area contributed by atoms with Gasteiger partial charge in [-0.2, -0.15) is 4.31 Å². The van der Waals surface area contributed by atoms with Crippen LogP contribution in [0.2, 0.25) is 0 Å². The number of aliphatic hydroxyl groups excluding tert-OH is 2. The first-order valence-corrected chi connectivity index (χ1v) is 7.45. The third-order valence-electron chi connectivity index (χ3n) is 2.86. The molecule has 0 saturated carbocycles. The molecule has 0 aliphatic rings. The van der Waals surface area contributed by atoms with E-state index in [2.05, 4.69) is 0 Å². The van der Waals surface area contributed by atoms with Gasteiger partial charge in [-0.25, -0.2) is 17.6 Å². The van der Waals surface area contributed by atoms with Crippen LogP contribution in [0.15, 0.2) is 17.0 Å². The van der Waals surface area contributed by atoms with Crippen molar-refractivity contribution in [3.05, 3.63) is 29.1 Å². The van der Waals surface area contributed by atoms with Gasteiger partial charge >= 0.3 is 5.97 Å². The van der Waals surface area contributed by atoms with Crippen LogP contribution < -0.4 is 0 Å². The summed E-state index contributed by atoms with van der Waals surface area (Å²) in [4.78, 5) is 10.4. The molecule has 0 fully saturated rings. The number of benzene rings is 1. The number of hydrogen-bond acceptors (Lipinski definition) is 5. The Balaban J connectivity index is 3.45. The number of carboxylic acid groups (broad SMARTS) is 1. The Kier molecular flexibility index (Phi) is 5.78. The van der Waals surface area contributed by atoms with E-state index in [0.717, 1.165) is 16.4 Å². The van der Waals surface area contributed by atoms with E-state index in [1.165, 1.54) is 6.92 Å². The lowest BCUT2D eigenvalue weighted by Crippen LogP contribution is -2.36. The minimum atomic E-state index is -4.22. The Morgan fingerprint density at radius 1 is 1.24 bits per heavy atom. The van der Waals surface area contributed by atoms with E-state index < -0.39 is 45.5 Å². The van der Waals surface area contributed by atoms with Gasteiger partial charge in [0.2, 0.25) is 10.0 Å². The number of aromatic carboxylic acids is 1. The summed E-state index contributed by atoms with van der Waals surface area (Å²) in [7, 11) is -4.22. The standard InChI is InChI=1S/C12H16FNO6S/c1-8-10(13)6-9(12(17)18)7-11(8)21(19,20)14(2-4-15)3-5-16/h6-7,15-16H,2-5H2,1H3,(H,17,18). The van der Waals surface area contributed by atoms with Crippen LogP contribution in [-0.4, -0.2) is 60.3 Å². The molecule has 0 aromatic heterocycles. The lowest BCUT2D eigenvalue weighted by atomic mass is 10.1. The Hall–Kier alpha value is -1.55. The van der Waals surface area contributed by atoms with Crippen molar-refractivity contribution in [2.45, 2.75) is 11.8 Å². The van der Waals surface area contributed by atoms with Gasteiger partial charge in [0, 0.05) is 18.7 Å². The van der Waals surface area contributed by atoms with Gasteiger partial charge in [-0.3, -0.25) is 0 Å². The van der Waals surface area contributed by atoms with Crippen LogP contribution in [0.1, 0.15) is 15.9 Å². The summed E-state index contributed by atoms with van der Waals surface area (Å²) >= 11 is 0. The Bertz CT molecular complexity index is 625. The summed E-state index contributed by atoms with van der Waals surface area (Å²) in [6.45, 7) is -0.342. The van der Waals surface area contributed by atoms with Crippen LogP contribution in [0.4, 0.5) is 4.39 Å². The SMILES string of the molecule is Cc1c(F)cc(C(=O)O)cc1S(=O)(=O)N(CCO)CCO. The maximum Gasteiger partial charge on any atom is 0.335 e. The van der Waals surface area contributed by atoms with Gasteiger partial charge in [-0.05, 0) is 19.1 Å². The molecule has 118 valence electrons. The summed E-state index contributed by atoms with van der Waals surface area (Å²) in [5.41, 5.74) is -0.717. The first kappa shape index (κ1) is 17.5. The average molecular weight is 321 g/mol. The van der Waals surface area contributed by atoms with Crippen molar-refractivity contribution in [1.29, 1.82) is 0 Å². The zero-order valence-corrected chi connectivity index (χ0v) is 12.1. The van der Waals surface area contributed by atoms with E-state index in [1.807, 2.05) is 0 Å². The number of carbonyl (C=O) groups is 1. The van der Waals surface area contributed by atoms with Crippen molar-refractivity contribution in [2.75, 3.05) is 26.3 Å². The molecular weight excluding hydrogens is 305 g/mol. The van der Waals surface area contributed by atoms with Crippen molar-refractivity contribution in [1.82, 2.24) is 4.31 Å². The average Bonchev–Trinajstić information content (AvgIpc) is 2.40. The minimum Gasteiger partial charge on any atom is -0.478 e. The molecule has 9 heteroatoms. The van der Waals surface area contributed by atoms with E-state index in [4.69, 9.17) is 15.3 Å². The Labute approximate surface area is 121 Å². The molecule has 3 N–H and O–H groups in total. The molecule has 1 rings (SSSR count). The maximum absolute atomic E-state index is 13.7. The molecule has 0 amide bonds. The highest BCUT2D eigenvalue weighted by atomic mass is 32.2. The fourth-order valence-electron chi connectivity index (χ4n) is 1.76. The molecular formula is C12H16FNO6S. The number of aliphatic hydroxyl groups is 2. The van der Waals surface area contributed by atoms with Gasteiger partial charge in [0.05, 0.1) is 23.7 Å². The third-order valence-corrected chi connectivity index (χ3v) is 4.89. The second-order valence-corrected chi connectivity index (χ2v) is 6.14. The van der Waals surface area contributed by atoms with Crippen LogP contribution in [0, 0.1) is 12.7 Å². The summed E-state index contributed by atoms with van der Waals surface area (Å²) in [5.74, 6) is -2.41. The smallest absolute Gasteiger partial charge is 0.335 e. The quantitative estimate of drug-likeness (QED) is 0.641. The van der Waals surface area contributed by atoms with Crippen molar-refractivity contribution >= 4 is 16.0 Å². The lowest BCUT2D eigenvalue weighted by molar-refractivity contribution is 0.0696. The topological polar surface area (TPSA) is 115 Å². The predicted molar refractivity (Wildman–Crippen MR) is 71.0 cm³/mol. The minimum absolute atomic E-state index is 0.221. The molecule has 0 radical (unpaired) electrons. The number of halogens is 1.